The number of halogens is 1. The van der Waals surface area contributed by atoms with Crippen molar-refractivity contribution >= 4 is 15.9 Å². The Hall–Kier alpha value is -2.76. The Bertz CT molecular complexity index is 1050. The first-order valence-corrected chi connectivity index (χ1v) is 11.7. The summed E-state index contributed by atoms with van der Waals surface area (Å²) >= 11 is 0. The fraction of sp³-hybridized carbons (Fsp3) is 0.391. The first kappa shape index (κ1) is 22.9. The Morgan fingerprint density at radius 1 is 1.10 bits per heavy atom. The number of nitrogens with one attached hydrogen (secondary N) is 1. The van der Waals surface area contributed by atoms with Crippen molar-refractivity contribution in [3.63, 3.8) is 0 Å². The normalized spacial score (nSPS) is 16.6. The molecule has 1 unspecified atom stereocenters. The number of benzene rings is 2. The molecule has 1 aliphatic heterocycles. The highest BCUT2D eigenvalue weighted by atomic mass is 32.2. The van der Waals surface area contributed by atoms with E-state index in [4.69, 9.17) is 5.26 Å². The molecule has 31 heavy (non-hydrogen) atoms. The summed E-state index contributed by atoms with van der Waals surface area (Å²) in [6.45, 7) is 4.48. The Morgan fingerprint density at radius 2 is 1.68 bits per heavy atom. The zero-order valence-electron chi connectivity index (χ0n) is 17.6. The van der Waals surface area contributed by atoms with Crippen molar-refractivity contribution in [1.82, 2.24) is 9.62 Å². The third-order valence-electron chi connectivity index (χ3n) is 5.64. The largest absolute Gasteiger partial charge is 0.349 e. The number of rotatable bonds is 6. The van der Waals surface area contributed by atoms with Crippen molar-refractivity contribution in [2.24, 2.45) is 11.8 Å². The van der Waals surface area contributed by atoms with Crippen LogP contribution in [0.1, 0.15) is 43.9 Å². The Labute approximate surface area is 182 Å². The minimum absolute atomic E-state index is 0.113. The van der Waals surface area contributed by atoms with Crippen molar-refractivity contribution in [2.75, 3.05) is 13.1 Å². The molecular formula is C23H26FN3O3S. The van der Waals surface area contributed by atoms with Crippen LogP contribution in [0.5, 0.6) is 0 Å². The summed E-state index contributed by atoms with van der Waals surface area (Å²) in [6, 6.07) is 13.7. The number of amides is 1. The van der Waals surface area contributed by atoms with Gasteiger partial charge in [-0.25, -0.2) is 12.8 Å². The van der Waals surface area contributed by atoms with Crippen LogP contribution in [-0.2, 0) is 14.8 Å². The second-order valence-electron chi connectivity index (χ2n) is 8.10. The molecule has 0 radical (unpaired) electrons. The molecule has 164 valence electrons. The maximum absolute atomic E-state index is 13.2. The highest BCUT2D eigenvalue weighted by molar-refractivity contribution is 7.89. The number of nitrogens with zero attached hydrogens (tertiary/aromatic N) is 2. The Balaban J connectivity index is 1.63. The number of sulfonamides is 1. The fourth-order valence-corrected chi connectivity index (χ4v) is 5.25. The summed E-state index contributed by atoms with van der Waals surface area (Å²) < 4.78 is 40.3. The average Bonchev–Trinajstić information content (AvgIpc) is 2.78. The van der Waals surface area contributed by atoms with Crippen molar-refractivity contribution in [3.05, 3.63) is 65.5 Å². The molecule has 2 aromatic rings. The van der Waals surface area contributed by atoms with E-state index < -0.39 is 10.0 Å². The highest BCUT2D eigenvalue weighted by Crippen LogP contribution is 2.27. The average molecular weight is 444 g/mol. The molecule has 0 spiro atoms. The molecule has 1 atom stereocenters. The topological polar surface area (TPSA) is 90.3 Å². The number of carbonyl (C=O) groups excluding carboxylic acids is 1. The van der Waals surface area contributed by atoms with Gasteiger partial charge in [0.1, 0.15) is 5.82 Å². The van der Waals surface area contributed by atoms with Crippen molar-refractivity contribution in [1.29, 1.82) is 5.26 Å². The molecule has 1 amide bonds. The molecule has 3 rings (SSSR count). The van der Waals surface area contributed by atoms with Gasteiger partial charge in [0.05, 0.1) is 22.6 Å². The van der Waals surface area contributed by atoms with Crippen LogP contribution in [0.25, 0.3) is 0 Å². The van der Waals surface area contributed by atoms with Gasteiger partial charge in [-0.3, -0.25) is 4.79 Å². The number of carbonyl (C=O) groups is 1. The van der Waals surface area contributed by atoms with Gasteiger partial charge in [-0.2, -0.15) is 9.57 Å². The van der Waals surface area contributed by atoms with E-state index >= 15 is 0 Å². The quantitative estimate of drug-likeness (QED) is 0.738. The summed E-state index contributed by atoms with van der Waals surface area (Å²) in [5.41, 5.74) is 1.24. The maximum Gasteiger partial charge on any atom is 0.243 e. The second kappa shape index (κ2) is 9.58. The summed E-state index contributed by atoms with van der Waals surface area (Å²) in [5.74, 6) is -0.604. The van der Waals surface area contributed by atoms with E-state index in [2.05, 4.69) is 5.32 Å². The zero-order chi connectivity index (χ0) is 22.6. The standard InChI is InChI=1S/C23H26FN3O3S/c1-16(2)22(18-5-7-20(24)8-6-18)26-23(28)19-11-13-27(14-12-19)31(29,30)21-9-3-17(15-25)4-10-21/h3-10,16,19,22H,11-14H2,1-2H3,(H,26,28). The van der Waals surface area contributed by atoms with E-state index in [1.165, 1.54) is 40.7 Å². The molecule has 1 fully saturated rings. The van der Waals surface area contributed by atoms with E-state index in [1.807, 2.05) is 19.9 Å². The third-order valence-corrected chi connectivity index (χ3v) is 7.55. The van der Waals surface area contributed by atoms with Crippen LogP contribution in [-0.4, -0.2) is 31.7 Å². The minimum atomic E-state index is -3.66. The lowest BCUT2D eigenvalue weighted by atomic mass is 9.92. The summed E-state index contributed by atoms with van der Waals surface area (Å²) in [4.78, 5) is 13.0. The first-order chi connectivity index (χ1) is 14.7. The van der Waals surface area contributed by atoms with E-state index in [1.54, 1.807) is 12.1 Å². The molecule has 1 aliphatic rings. The predicted molar refractivity (Wildman–Crippen MR) is 115 cm³/mol. The molecule has 1 saturated heterocycles. The molecule has 1 heterocycles. The van der Waals surface area contributed by atoms with Crippen LogP contribution in [0.3, 0.4) is 0 Å². The SMILES string of the molecule is CC(C)C(NC(=O)C1CCN(S(=O)(=O)c2ccc(C#N)cc2)CC1)c1ccc(F)cc1. The van der Waals surface area contributed by atoms with Crippen LogP contribution in [0.4, 0.5) is 4.39 Å². The predicted octanol–water partition coefficient (Wildman–Crippen LogP) is 3.61. The second-order valence-corrected chi connectivity index (χ2v) is 10.0. The first-order valence-electron chi connectivity index (χ1n) is 10.3. The summed E-state index contributed by atoms with van der Waals surface area (Å²) in [6.07, 6.45) is 0.852. The molecule has 8 heteroatoms. The van der Waals surface area contributed by atoms with Crippen LogP contribution in [0.2, 0.25) is 0 Å². The molecule has 0 bridgehead atoms. The van der Waals surface area contributed by atoms with Crippen molar-refractivity contribution in [3.8, 4) is 6.07 Å². The van der Waals surface area contributed by atoms with Gasteiger partial charge >= 0.3 is 0 Å². The lowest BCUT2D eigenvalue weighted by molar-refractivity contribution is -0.127. The number of hydrogen-bond donors (Lipinski definition) is 1. The van der Waals surface area contributed by atoms with Crippen molar-refractivity contribution < 1.29 is 17.6 Å². The number of hydrogen-bond acceptors (Lipinski definition) is 4. The van der Waals surface area contributed by atoms with Crippen molar-refractivity contribution in [2.45, 2.75) is 37.6 Å². The molecular weight excluding hydrogens is 417 g/mol. The highest BCUT2D eigenvalue weighted by Gasteiger charge is 2.33. The van der Waals surface area contributed by atoms with Gasteiger partial charge < -0.3 is 5.32 Å². The van der Waals surface area contributed by atoms with Gasteiger partial charge in [-0.15, -0.1) is 0 Å². The third kappa shape index (κ3) is 5.30. The van der Waals surface area contributed by atoms with Gasteiger partial charge in [-0.05, 0) is 60.7 Å². The Morgan fingerprint density at radius 3 is 2.19 bits per heavy atom. The van der Waals surface area contributed by atoms with Crippen LogP contribution in [0, 0.1) is 29.0 Å². The van der Waals surface area contributed by atoms with Crippen LogP contribution < -0.4 is 5.32 Å². The van der Waals surface area contributed by atoms with E-state index in [0.29, 0.717) is 18.4 Å². The summed E-state index contributed by atoms with van der Waals surface area (Å²) in [5, 5.41) is 11.9. The van der Waals surface area contributed by atoms with Gasteiger partial charge in [-0.1, -0.05) is 26.0 Å². The van der Waals surface area contributed by atoms with Gasteiger partial charge in [0.25, 0.3) is 0 Å². The Kier molecular flexibility index (Phi) is 7.08. The van der Waals surface area contributed by atoms with E-state index in [9.17, 15) is 17.6 Å². The minimum Gasteiger partial charge on any atom is -0.349 e. The number of nitriles is 1. The lowest BCUT2D eigenvalue weighted by Gasteiger charge is -2.32. The molecule has 0 aromatic heterocycles. The zero-order valence-corrected chi connectivity index (χ0v) is 18.4. The smallest absolute Gasteiger partial charge is 0.243 e. The molecule has 0 saturated carbocycles. The monoisotopic (exact) mass is 443 g/mol. The van der Waals surface area contributed by atoms with Crippen LogP contribution >= 0.6 is 0 Å². The van der Waals surface area contributed by atoms with Gasteiger partial charge in [0.2, 0.25) is 15.9 Å². The molecule has 1 N–H and O–H groups in total. The van der Waals surface area contributed by atoms with E-state index in [0.717, 1.165) is 5.56 Å². The maximum atomic E-state index is 13.2. The van der Waals surface area contributed by atoms with E-state index in [-0.39, 0.29) is 47.6 Å². The van der Waals surface area contributed by atoms with Crippen LogP contribution in [0.15, 0.2) is 53.4 Å². The fourth-order valence-electron chi connectivity index (χ4n) is 3.78. The number of piperidine rings is 1. The molecule has 2 aromatic carbocycles. The molecule has 0 aliphatic carbocycles. The van der Waals surface area contributed by atoms with Gasteiger partial charge in [0.15, 0.2) is 0 Å². The molecule has 6 nitrogen and oxygen atoms in total. The van der Waals surface area contributed by atoms with Gasteiger partial charge in [0, 0.05) is 19.0 Å². The summed E-state index contributed by atoms with van der Waals surface area (Å²) in [7, 11) is -3.66. The lowest BCUT2D eigenvalue weighted by Crippen LogP contribution is -2.44.